The summed E-state index contributed by atoms with van der Waals surface area (Å²) < 4.78 is 48.2. The van der Waals surface area contributed by atoms with Crippen molar-refractivity contribution >= 4 is 21.4 Å². The molecule has 0 saturated carbocycles. The highest BCUT2D eigenvalue weighted by molar-refractivity contribution is 7.90. The number of halogens is 2. The van der Waals surface area contributed by atoms with Gasteiger partial charge in [-0.25, -0.2) is 17.2 Å². The number of sulfone groups is 1. The van der Waals surface area contributed by atoms with E-state index in [9.17, 15) is 22.0 Å². The number of rotatable bonds is 7. The van der Waals surface area contributed by atoms with Crippen molar-refractivity contribution in [2.24, 2.45) is 0 Å². The van der Waals surface area contributed by atoms with Gasteiger partial charge < -0.3 is 5.32 Å². The molecule has 0 saturated heterocycles. The van der Waals surface area contributed by atoms with Crippen molar-refractivity contribution in [1.82, 2.24) is 0 Å². The Bertz CT molecular complexity index is 583. The molecule has 0 aromatic heterocycles. The molecule has 4 nitrogen and oxygen atoms in total. The number of anilines is 1. The normalized spacial score (nSPS) is 12.2. The molecule has 0 fully saturated rings. The van der Waals surface area contributed by atoms with Crippen molar-refractivity contribution in [1.29, 1.82) is 0 Å². The third kappa shape index (κ3) is 7.17. The van der Waals surface area contributed by atoms with Crippen molar-refractivity contribution in [3.8, 4) is 0 Å². The van der Waals surface area contributed by atoms with Crippen LogP contribution >= 0.6 is 0 Å². The fourth-order valence-corrected chi connectivity index (χ4v) is 2.23. The molecule has 118 valence electrons. The summed E-state index contributed by atoms with van der Waals surface area (Å²) in [6.07, 6.45) is 0.306. The molecule has 1 N–H and O–H groups in total. The lowest BCUT2D eigenvalue weighted by Crippen LogP contribution is -2.24. The van der Waals surface area contributed by atoms with Crippen LogP contribution in [0.5, 0.6) is 0 Å². The molecule has 0 aliphatic heterocycles. The standard InChI is InChI=1S/C14H19F2NO3S/c1-3-14(15,16)10-13(18)17-12-6-4-11(5-7-12)8-9-21(2,19)20/h4-7H,3,8-10H2,1-2H3,(H,17,18). The molecule has 1 amide bonds. The first-order valence-electron chi connectivity index (χ1n) is 6.56. The van der Waals surface area contributed by atoms with E-state index in [0.29, 0.717) is 12.1 Å². The van der Waals surface area contributed by atoms with Crippen LogP contribution in [0.25, 0.3) is 0 Å². The minimum atomic E-state index is -3.03. The quantitative estimate of drug-likeness (QED) is 0.840. The van der Waals surface area contributed by atoms with Crippen LogP contribution in [-0.4, -0.2) is 32.3 Å². The van der Waals surface area contributed by atoms with E-state index < -0.39 is 28.1 Å². The van der Waals surface area contributed by atoms with Crippen molar-refractivity contribution in [3.05, 3.63) is 29.8 Å². The molecule has 0 spiro atoms. The van der Waals surface area contributed by atoms with E-state index >= 15 is 0 Å². The van der Waals surface area contributed by atoms with Gasteiger partial charge >= 0.3 is 0 Å². The molecule has 0 atom stereocenters. The lowest BCUT2D eigenvalue weighted by Gasteiger charge is -2.13. The van der Waals surface area contributed by atoms with E-state index in [1.54, 1.807) is 24.3 Å². The minimum Gasteiger partial charge on any atom is -0.326 e. The molecule has 0 bridgehead atoms. The molecule has 21 heavy (non-hydrogen) atoms. The molecule has 0 heterocycles. The SMILES string of the molecule is CCC(F)(F)CC(=O)Nc1ccc(CCS(C)(=O)=O)cc1. The Hall–Kier alpha value is -1.50. The molecular weight excluding hydrogens is 300 g/mol. The number of carbonyl (C=O) groups excluding carboxylic acids is 1. The van der Waals surface area contributed by atoms with E-state index in [1.165, 1.54) is 6.92 Å². The van der Waals surface area contributed by atoms with Gasteiger partial charge in [-0.1, -0.05) is 19.1 Å². The van der Waals surface area contributed by atoms with Crippen LogP contribution in [0, 0.1) is 0 Å². The number of alkyl halides is 2. The van der Waals surface area contributed by atoms with Gasteiger partial charge in [-0.3, -0.25) is 4.79 Å². The highest BCUT2D eigenvalue weighted by atomic mass is 32.2. The van der Waals surface area contributed by atoms with Gasteiger partial charge in [0, 0.05) is 18.4 Å². The third-order valence-corrected chi connectivity index (χ3v) is 3.88. The first-order chi connectivity index (χ1) is 9.61. The molecule has 1 aromatic carbocycles. The van der Waals surface area contributed by atoms with Gasteiger partial charge in [0.15, 0.2) is 0 Å². The van der Waals surface area contributed by atoms with E-state index in [4.69, 9.17) is 0 Å². The summed E-state index contributed by atoms with van der Waals surface area (Å²) in [7, 11) is -3.03. The summed E-state index contributed by atoms with van der Waals surface area (Å²) in [4.78, 5) is 11.5. The first-order valence-corrected chi connectivity index (χ1v) is 8.62. The number of benzene rings is 1. The molecule has 1 rings (SSSR count). The molecule has 0 unspecified atom stereocenters. The second-order valence-corrected chi connectivity index (χ2v) is 7.27. The average Bonchev–Trinajstić information content (AvgIpc) is 2.36. The Kier molecular flexibility index (Phi) is 5.83. The van der Waals surface area contributed by atoms with Crippen LogP contribution in [0.4, 0.5) is 14.5 Å². The van der Waals surface area contributed by atoms with Gasteiger partial charge in [-0.2, -0.15) is 0 Å². The Morgan fingerprint density at radius 2 is 1.81 bits per heavy atom. The number of carbonyl (C=O) groups is 1. The van der Waals surface area contributed by atoms with Gasteiger partial charge in [0.2, 0.25) is 5.91 Å². The Morgan fingerprint density at radius 1 is 1.24 bits per heavy atom. The number of hydrogen-bond acceptors (Lipinski definition) is 3. The average molecular weight is 319 g/mol. The van der Waals surface area contributed by atoms with Crippen LogP contribution in [0.3, 0.4) is 0 Å². The largest absolute Gasteiger partial charge is 0.326 e. The monoisotopic (exact) mass is 319 g/mol. The second-order valence-electron chi connectivity index (χ2n) is 5.01. The summed E-state index contributed by atoms with van der Waals surface area (Å²) in [6.45, 7) is 1.32. The minimum absolute atomic E-state index is 0.0431. The third-order valence-electron chi connectivity index (χ3n) is 2.94. The predicted molar refractivity (Wildman–Crippen MR) is 78.3 cm³/mol. The van der Waals surface area contributed by atoms with Gasteiger partial charge in [-0.15, -0.1) is 0 Å². The van der Waals surface area contributed by atoms with Gasteiger partial charge in [-0.05, 0) is 24.1 Å². The van der Waals surface area contributed by atoms with Crippen molar-refractivity contribution in [3.63, 3.8) is 0 Å². The van der Waals surface area contributed by atoms with E-state index in [2.05, 4.69) is 5.32 Å². The number of amides is 1. The molecule has 1 aromatic rings. The van der Waals surface area contributed by atoms with Crippen LogP contribution in [0.2, 0.25) is 0 Å². The fourth-order valence-electron chi connectivity index (χ4n) is 1.62. The lowest BCUT2D eigenvalue weighted by atomic mass is 10.1. The summed E-state index contributed by atoms with van der Waals surface area (Å²) in [5, 5.41) is 2.39. The van der Waals surface area contributed by atoms with Crippen LogP contribution in [0.15, 0.2) is 24.3 Å². The van der Waals surface area contributed by atoms with Crippen molar-refractivity contribution in [2.75, 3.05) is 17.3 Å². The van der Waals surface area contributed by atoms with E-state index in [-0.39, 0.29) is 12.2 Å². The molecule has 0 aliphatic carbocycles. The maximum Gasteiger partial charge on any atom is 0.256 e. The zero-order chi connectivity index (χ0) is 16.1. The highest BCUT2D eigenvalue weighted by Crippen LogP contribution is 2.23. The maximum atomic E-state index is 13.1. The summed E-state index contributed by atoms with van der Waals surface area (Å²) in [5.74, 6) is -3.70. The smallest absolute Gasteiger partial charge is 0.256 e. The number of nitrogens with one attached hydrogen (secondary N) is 1. The maximum absolute atomic E-state index is 13.1. The first kappa shape index (κ1) is 17.6. The van der Waals surface area contributed by atoms with Crippen LogP contribution < -0.4 is 5.32 Å². The van der Waals surface area contributed by atoms with Crippen molar-refractivity contribution < 1.29 is 22.0 Å². The Balaban J connectivity index is 2.57. The van der Waals surface area contributed by atoms with Gasteiger partial charge in [0.05, 0.1) is 12.2 Å². The summed E-state index contributed by atoms with van der Waals surface area (Å²) in [6, 6.07) is 6.47. The van der Waals surface area contributed by atoms with E-state index in [0.717, 1.165) is 11.8 Å². The molecule has 0 radical (unpaired) electrons. The van der Waals surface area contributed by atoms with Crippen molar-refractivity contribution in [2.45, 2.75) is 32.1 Å². The van der Waals surface area contributed by atoms with Gasteiger partial charge in [0.1, 0.15) is 9.84 Å². The Labute approximate surface area is 123 Å². The molecule has 7 heteroatoms. The summed E-state index contributed by atoms with van der Waals surface area (Å²) in [5.41, 5.74) is 1.22. The summed E-state index contributed by atoms with van der Waals surface area (Å²) >= 11 is 0. The molecular formula is C14H19F2NO3S. The van der Waals surface area contributed by atoms with Gasteiger partial charge in [0.25, 0.3) is 5.92 Å². The zero-order valence-corrected chi connectivity index (χ0v) is 12.8. The Morgan fingerprint density at radius 3 is 2.29 bits per heavy atom. The van der Waals surface area contributed by atoms with Crippen LogP contribution in [0.1, 0.15) is 25.3 Å². The second kappa shape index (κ2) is 6.98. The fraction of sp³-hybridized carbons (Fsp3) is 0.500. The topological polar surface area (TPSA) is 63.2 Å². The molecule has 0 aliphatic rings. The zero-order valence-electron chi connectivity index (χ0n) is 12.0. The predicted octanol–water partition coefficient (Wildman–Crippen LogP) is 2.65. The van der Waals surface area contributed by atoms with Crippen LogP contribution in [-0.2, 0) is 21.1 Å². The lowest BCUT2D eigenvalue weighted by molar-refractivity contribution is -0.123. The highest BCUT2D eigenvalue weighted by Gasteiger charge is 2.29. The van der Waals surface area contributed by atoms with E-state index in [1.807, 2.05) is 0 Å². The number of hydrogen-bond donors (Lipinski definition) is 1. The number of aryl methyl sites for hydroxylation is 1.